The molecule has 0 aromatic heterocycles. The Morgan fingerprint density at radius 2 is 2.55 bits per heavy atom. The van der Waals surface area contributed by atoms with E-state index in [1.54, 1.807) is 6.08 Å². The van der Waals surface area contributed by atoms with Gasteiger partial charge < -0.3 is 9.53 Å². The van der Waals surface area contributed by atoms with Gasteiger partial charge in [0.1, 0.15) is 12.4 Å². The van der Waals surface area contributed by atoms with Crippen LogP contribution in [-0.2, 0) is 14.3 Å². The van der Waals surface area contributed by atoms with Crippen molar-refractivity contribution in [1.29, 1.82) is 0 Å². The Hall–Kier alpha value is -1.12. The molecule has 0 aliphatic carbocycles. The lowest BCUT2D eigenvalue weighted by atomic mass is 10.0. The predicted octanol–water partition coefficient (Wildman–Crippen LogP) is 0.693. The molecule has 3 heteroatoms. The molecular weight excluding hydrogens is 144 g/mol. The van der Waals surface area contributed by atoms with E-state index in [9.17, 15) is 9.59 Å². The predicted molar refractivity (Wildman–Crippen MR) is 38.9 cm³/mol. The standard InChI is InChI=1S/C8H10O3/c1-6(4-5-9)7-2-3-8(10)11-7/h2-3,5-7H,4H2,1H3/t6-,7-/m1/s1. The molecule has 1 aliphatic rings. The first kappa shape index (κ1) is 7.98. The lowest BCUT2D eigenvalue weighted by Crippen LogP contribution is -2.17. The van der Waals surface area contributed by atoms with Crippen LogP contribution >= 0.6 is 0 Å². The third-order valence-electron chi connectivity index (χ3n) is 1.70. The molecule has 60 valence electrons. The summed E-state index contributed by atoms with van der Waals surface area (Å²) in [5, 5.41) is 0. The molecular formula is C8H10O3. The average Bonchev–Trinajstić information content (AvgIpc) is 2.36. The summed E-state index contributed by atoms with van der Waals surface area (Å²) in [5.74, 6) is -0.219. The lowest BCUT2D eigenvalue weighted by molar-refractivity contribution is -0.140. The van der Waals surface area contributed by atoms with E-state index in [-0.39, 0.29) is 18.0 Å². The highest BCUT2D eigenvalue weighted by atomic mass is 16.5. The third-order valence-corrected chi connectivity index (χ3v) is 1.70. The molecule has 1 heterocycles. The maximum Gasteiger partial charge on any atom is 0.331 e. The lowest BCUT2D eigenvalue weighted by Gasteiger charge is -2.13. The summed E-state index contributed by atoms with van der Waals surface area (Å²) in [6.07, 6.45) is 4.16. The summed E-state index contributed by atoms with van der Waals surface area (Å²) < 4.78 is 4.87. The van der Waals surface area contributed by atoms with E-state index < -0.39 is 0 Å². The fourth-order valence-corrected chi connectivity index (χ4v) is 0.978. The topological polar surface area (TPSA) is 43.4 Å². The zero-order valence-corrected chi connectivity index (χ0v) is 6.32. The maximum atomic E-state index is 10.6. The van der Waals surface area contributed by atoms with Crippen molar-refractivity contribution in [2.45, 2.75) is 19.4 Å². The fraction of sp³-hybridized carbons (Fsp3) is 0.500. The van der Waals surface area contributed by atoms with E-state index >= 15 is 0 Å². The summed E-state index contributed by atoms with van der Waals surface area (Å²) >= 11 is 0. The van der Waals surface area contributed by atoms with Crippen molar-refractivity contribution in [1.82, 2.24) is 0 Å². The van der Waals surface area contributed by atoms with Crippen LogP contribution in [0.4, 0.5) is 0 Å². The van der Waals surface area contributed by atoms with Gasteiger partial charge in [-0.1, -0.05) is 6.92 Å². The molecule has 0 aromatic carbocycles. The van der Waals surface area contributed by atoms with Crippen molar-refractivity contribution < 1.29 is 14.3 Å². The highest BCUT2D eigenvalue weighted by molar-refractivity contribution is 5.84. The first-order valence-electron chi connectivity index (χ1n) is 3.56. The van der Waals surface area contributed by atoms with E-state index in [1.165, 1.54) is 6.08 Å². The van der Waals surface area contributed by atoms with E-state index in [1.807, 2.05) is 6.92 Å². The SMILES string of the molecule is C[C@H](CC=O)[C@H]1C=CC(=O)O1. The van der Waals surface area contributed by atoms with Crippen molar-refractivity contribution in [2.75, 3.05) is 0 Å². The van der Waals surface area contributed by atoms with Gasteiger partial charge in [0.25, 0.3) is 0 Å². The van der Waals surface area contributed by atoms with Crippen molar-refractivity contribution in [3.05, 3.63) is 12.2 Å². The normalized spacial score (nSPS) is 24.8. The number of ether oxygens (including phenoxy) is 1. The second-order valence-electron chi connectivity index (χ2n) is 2.64. The zero-order valence-electron chi connectivity index (χ0n) is 6.32. The number of carbonyl (C=O) groups excluding carboxylic acids is 2. The average molecular weight is 154 g/mol. The fourth-order valence-electron chi connectivity index (χ4n) is 0.978. The van der Waals surface area contributed by atoms with Crippen LogP contribution < -0.4 is 0 Å². The van der Waals surface area contributed by atoms with Gasteiger partial charge in [-0.05, 0) is 6.08 Å². The smallest absolute Gasteiger partial charge is 0.331 e. The number of rotatable bonds is 3. The molecule has 1 rings (SSSR count). The van der Waals surface area contributed by atoms with Crippen LogP contribution in [0.1, 0.15) is 13.3 Å². The van der Waals surface area contributed by atoms with Gasteiger partial charge in [0.2, 0.25) is 0 Å². The van der Waals surface area contributed by atoms with Crippen LogP contribution in [0, 0.1) is 5.92 Å². The molecule has 0 fully saturated rings. The van der Waals surface area contributed by atoms with Crippen LogP contribution in [0.2, 0.25) is 0 Å². The van der Waals surface area contributed by atoms with Gasteiger partial charge in [-0.15, -0.1) is 0 Å². The van der Waals surface area contributed by atoms with E-state index in [2.05, 4.69) is 0 Å². The van der Waals surface area contributed by atoms with Crippen LogP contribution in [-0.4, -0.2) is 18.4 Å². The molecule has 0 N–H and O–H groups in total. The number of cyclic esters (lactones) is 1. The van der Waals surface area contributed by atoms with Crippen LogP contribution in [0.5, 0.6) is 0 Å². The van der Waals surface area contributed by atoms with Crippen molar-refractivity contribution in [2.24, 2.45) is 5.92 Å². The molecule has 0 radical (unpaired) electrons. The van der Waals surface area contributed by atoms with Gasteiger partial charge in [-0.2, -0.15) is 0 Å². The van der Waals surface area contributed by atoms with Gasteiger partial charge in [-0.25, -0.2) is 4.79 Å². The molecule has 0 bridgehead atoms. The largest absolute Gasteiger partial charge is 0.455 e. The molecule has 2 atom stereocenters. The number of hydrogen-bond donors (Lipinski definition) is 0. The molecule has 0 saturated heterocycles. The molecule has 0 unspecified atom stereocenters. The molecule has 0 amide bonds. The van der Waals surface area contributed by atoms with Crippen LogP contribution in [0.15, 0.2) is 12.2 Å². The van der Waals surface area contributed by atoms with Crippen molar-refractivity contribution >= 4 is 12.3 Å². The molecule has 0 spiro atoms. The van der Waals surface area contributed by atoms with Gasteiger partial charge in [0.15, 0.2) is 0 Å². The Labute approximate surface area is 65.0 Å². The Bertz CT molecular complexity index is 196. The number of carbonyl (C=O) groups is 2. The van der Waals surface area contributed by atoms with Crippen LogP contribution in [0.25, 0.3) is 0 Å². The zero-order chi connectivity index (χ0) is 8.27. The first-order chi connectivity index (χ1) is 5.24. The highest BCUT2D eigenvalue weighted by Crippen LogP contribution is 2.16. The minimum absolute atomic E-state index is 0.0928. The Balaban J connectivity index is 2.43. The minimum Gasteiger partial charge on any atom is -0.455 e. The van der Waals surface area contributed by atoms with Gasteiger partial charge >= 0.3 is 5.97 Å². The monoisotopic (exact) mass is 154 g/mol. The van der Waals surface area contributed by atoms with E-state index in [4.69, 9.17) is 4.74 Å². The van der Waals surface area contributed by atoms with Crippen molar-refractivity contribution in [3.63, 3.8) is 0 Å². The summed E-state index contributed by atoms with van der Waals surface area (Å²) in [4.78, 5) is 20.7. The van der Waals surface area contributed by atoms with Gasteiger partial charge in [0.05, 0.1) is 0 Å². The summed E-state index contributed by atoms with van der Waals surface area (Å²) in [5.41, 5.74) is 0. The maximum absolute atomic E-state index is 10.6. The summed E-state index contributed by atoms with van der Waals surface area (Å²) in [7, 11) is 0. The van der Waals surface area contributed by atoms with Gasteiger partial charge in [0, 0.05) is 18.4 Å². The third kappa shape index (κ3) is 1.90. The second kappa shape index (κ2) is 3.32. The minimum atomic E-state index is -0.312. The van der Waals surface area contributed by atoms with Crippen molar-refractivity contribution in [3.8, 4) is 0 Å². The molecule has 3 nitrogen and oxygen atoms in total. The molecule has 0 aromatic rings. The van der Waals surface area contributed by atoms with E-state index in [0.29, 0.717) is 6.42 Å². The van der Waals surface area contributed by atoms with Crippen LogP contribution in [0.3, 0.4) is 0 Å². The second-order valence-corrected chi connectivity index (χ2v) is 2.64. The quantitative estimate of drug-likeness (QED) is 0.443. The number of aldehydes is 1. The first-order valence-corrected chi connectivity index (χ1v) is 3.56. The number of esters is 1. The van der Waals surface area contributed by atoms with Gasteiger partial charge in [-0.3, -0.25) is 0 Å². The highest BCUT2D eigenvalue weighted by Gasteiger charge is 2.22. The Morgan fingerprint density at radius 1 is 1.82 bits per heavy atom. The molecule has 11 heavy (non-hydrogen) atoms. The number of hydrogen-bond acceptors (Lipinski definition) is 3. The Morgan fingerprint density at radius 3 is 3.00 bits per heavy atom. The van der Waals surface area contributed by atoms with E-state index in [0.717, 1.165) is 6.29 Å². The summed E-state index contributed by atoms with van der Waals surface area (Å²) in [6, 6.07) is 0. The Kier molecular flexibility index (Phi) is 2.41. The molecule has 0 saturated carbocycles. The molecule has 1 aliphatic heterocycles. The summed E-state index contributed by atoms with van der Waals surface area (Å²) in [6.45, 7) is 1.88.